The third-order valence-corrected chi connectivity index (χ3v) is 9.26. The minimum Gasteiger partial charge on any atom is -0.389 e. The van der Waals surface area contributed by atoms with E-state index >= 15 is 0 Å². The van der Waals surface area contributed by atoms with E-state index in [0.717, 1.165) is 31.3 Å². The van der Waals surface area contributed by atoms with Crippen LogP contribution in [-0.4, -0.2) is 52.0 Å². The number of fused-ring (bicyclic) bond motifs is 6. The summed E-state index contributed by atoms with van der Waals surface area (Å²) in [5.41, 5.74) is 0.419. The molecule has 11 atom stereocenters. The van der Waals surface area contributed by atoms with Gasteiger partial charge < -0.3 is 24.8 Å². The first-order chi connectivity index (χ1) is 12.9. The molecule has 3 saturated carbocycles. The molecule has 2 unspecified atom stereocenters. The Labute approximate surface area is 158 Å². The van der Waals surface area contributed by atoms with E-state index in [4.69, 9.17) is 9.47 Å². The lowest BCUT2D eigenvalue weighted by atomic mass is 9.45. The van der Waals surface area contributed by atoms with Crippen molar-refractivity contribution in [2.75, 3.05) is 0 Å². The van der Waals surface area contributed by atoms with Crippen LogP contribution in [0.5, 0.6) is 0 Å². The van der Waals surface area contributed by atoms with Crippen LogP contribution in [0.4, 0.5) is 0 Å². The molecule has 0 aromatic carbocycles. The van der Waals surface area contributed by atoms with Crippen LogP contribution < -0.4 is 0 Å². The maximum absolute atomic E-state index is 12.0. The van der Waals surface area contributed by atoms with Gasteiger partial charge in [-0.2, -0.15) is 0 Å². The monoisotopic (exact) mass is 376 g/mol. The van der Waals surface area contributed by atoms with E-state index in [9.17, 15) is 20.1 Å². The highest BCUT2D eigenvalue weighted by Gasteiger charge is 2.74. The van der Waals surface area contributed by atoms with Crippen molar-refractivity contribution in [3.05, 3.63) is 11.6 Å². The van der Waals surface area contributed by atoms with E-state index in [2.05, 4.69) is 6.92 Å². The van der Waals surface area contributed by atoms with Gasteiger partial charge in [-0.15, -0.1) is 0 Å². The lowest BCUT2D eigenvalue weighted by Crippen LogP contribution is -2.61. The van der Waals surface area contributed by atoms with Crippen molar-refractivity contribution in [1.82, 2.24) is 0 Å². The van der Waals surface area contributed by atoms with Gasteiger partial charge in [0.15, 0.2) is 18.4 Å². The fourth-order valence-electron chi connectivity index (χ4n) is 8.36. The van der Waals surface area contributed by atoms with Crippen LogP contribution in [0.25, 0.3) is 0 Å². The topological polar surface area (TPSA) is 96.2 Å². The molecule has 2 saturated heterocycles. The quantitative estimate of drug-likeness (QED) is 0.587. The molecule has 6 rings (SSSR count). The Balaban J connectivity index is 1.47. The molecular formula is C21H28O6. The Hall–Kier alpha value is -0.790. The number of hydrogen-bond donors (Lipinski definition) is 3. The average molecular weight is 376 g/mol. The summed E-state index contributed by atoms with van der Waals surface area (Å²) in [5.74, 6) is 0.984. The van der Waals surface area contributed by atoms with Crippen molar-refractivity contribution in [3.8, 4) is 0 Å². The van der Waals surface area contributed by atoms with E-state index in [1.54, 1.807) is 6.08 Å². The minimum atomic E-state index is -1.19. The van der Waals surface area contributed by atoms with Crippen molar-refractivity contribution in [2.45, 2.75) is 76.3 Å². The minimum absolute atomic E-state index is 0.00276. The maximum Gasteiger partial charge on any atom is 0.184 e. The second-order valence-corrected chi connectivity index (χ2v) is 10.1. The highest BCUT2D eigenvalue weighted by Crippen LogP contribution is 2.73. The molecule has 6 nitrogen and oxygen atoms in total. The predicted octanol–water partition coefficient (Wildman–Crippen LogP) is 1.13. The highest BCUT2D eigenvalue weighted by atomic mass is 16.7. The third kappa shape index (κ3) is 1.87. The van der Waals surface area contributed by atoms with Crippen LogP contribution in [-0.2, 0) is 14.3 Å². The number of ether oxygens (including phenoxy) is 2. The number of ketones is 1. The summed E-state index contributed by atoms with van der Waals surface area (Å²) in [4.78, 5) is 12.0. The first-order valence-corrected chi connectivity index (χ1v) is 10.5. The van der Waals surface area contributed by atoms with E-state index in [1.807, 2.05) is 0 Å². The molecule has 3 N–H and O–H groups in total. The number of hydrogen-bond acceptors (Lipinski definition) is 6. The van der Waals surface area contributed by atoms with Gasteiger partial charge in [0.1, 0.15) is 6.10 Å². The van der Waals surface area contributed by atoms with E-state index in [1.165, 1.54) is 0 Å². The molecule has 2 heterocycles. The van der Waals surface area contributed by atoms with E-state index in [0.29, 0.717) is 24.7 Å². The van der Waals surface area contributed by atoms with Gasteiger partial charge in [0.25, 0.3) is 0 Å². The van der Waals surface area contributed by atoms with Crippen molar-refractivity contribution < 1.29 is 29.6 Å². The van der Waals surface area contributed by atoms with Crippen LogP contribution in [0.2, 0.25) is 0 Å². The number of aliphatic hydroxyl groups is 3. The number of carbonyl (C=O) groups is 1. The molecule has 4 aliphatic carbocycles. The van der Waals surface area contributed by atoms with Crippen molar-refractivity contribution in [1.29, 1.82) is 0 Å². The zero-order chi connectivity index (χ0) is 18.7. The Morgan fingerprint density at radius 1 is 1.15 bits per heavy atom. The molecule has 0 aromatic heterocycles. The van der Waals surface area contributed by atoms with Crippen LogP contribution in [0, 0.1) is 34.5 Å². The molecule has 27 heavy (non-hydrogen) atoms. The third-order valence-electron chi connectivity index (χ3n) is 9.26. The van der Waals surface area contributed by atoms with Gasteiger partial charge >= 0.3 is 0 Å². The molecule has 2 bridgehead atoms. The molecule has 6 heteroatoms. The predicted molar refractivity (Wildman–Crippen MR) is 93.1 cm³/mol. The average Bonchev–Trinajstić information content (AvgIpc) is 3.16. The van der Waals surface area contributed by atoms with E-state index in [-0.39, 0.29) is 34.6 Å². The van der Waals surface area contributed by atoms with Crippen molar-refractivity contribution in [2.24, 2.45) is 34.5 Å². The summed E-state index contributed by atoms with van der Waals surface area (Å²) in [6, 6.07) is 0. The largest absolute Gasteiger partial charge is 0.389 e. The Kier molecular flexibility index (Phi) is 3.31. The van der Waals surface area contributed by atoms with Gasteiger partial charge in [0.05, 0.1) is 12.2 Å². The molecular weight excluding hydrogens is 348 g/mol. The molecule has 6 aliphatic rings. The first-order valence-electron chi connectivity index (χ1n) is 10.5. The van der Waals surface area contributed by atoms with Gasteiger partial charge in [-0.3, -0.25) is 4.79 Å². The lowest BCUT2D eigenvalue weighted by Gasteiger charge is -2.59. The zero-order valence-corrected chi connectivity index (χ0v) is 15.6. The van der Waals surface area contributed by atoms with Crippen LogP contribution in [0.15, 0.2) is 11.6 Å². The number of aliphatic hydroxyl groups excluding tert-OH is 3. The van der Waals surface area contributed by atoms with Gasteiger partial charge in [0, 0.05) is 17.8 Å². The summed E-state index contributed by atoms with van der Waals surface area (Å²) in [5, 5.41) is 31.7. The smallest absolute Gasteiger partial charge is 0.184 e. The van der Waals surface area contributed by atoms with Crippen LogP contribution in [0.1, 0.15) is 45.4 Å². The maximum atomic E-state index is 12.0. The molecule has 0 amide bonds. The fraction of sp³-hybridized carbons (Fsp3) is 0.857. The van der Waals surface area contributed by atoms with Crippen LogP contribution >= 0.6 is 0 Å². The molecule has 148 valence electrons. The molecule has 0 aromatic rings. The zero-order valence-electron chi connectivity index (χ0n) is 15.6. The van der Waals surface area contributed by atoms with Gasteiger partial charge in [-0.1, -0.05) is 6.92 Å². The first kappa shape index (κ1) is 17.1. The summed E-state index contributed by atoms with van der Waals surface area (Å²) in [6.07, 6.45) is 3.23. The summed E-state index contributed by atoms with van der Waals surface area (Å²) in [7, 11) is 0. The van der Waals surface area contributed by atoms with E-state index < -0.39 is 24.8 Å². The summed E-state index contributed by atoms with van der Waals surface area (Å²) in [6.45, 7) is 2.20. The van der Waals surface area contributed by atoms with Crippen molar-refractivity contribution >= 4 is 5.78 Å². The Morgan fingerprint density at radius 2 is 1.93 bits per heavy atom. The highest BCUT2D eigenvalue weighted by molar-refractivity contribution is 5.91. The second kappa shape index (κ2) is 5.22. The standard InChI is InChI=1S/C21H28O6/c1-20-5-4-9(22)6-13(20)14(23)7-10-11-2-3-12-17(24)18(25)27-19-21(11,12)8-15(26-19)16(10)20/h6,10-12,14-19,23-25H,2-5,7-8H2,1H3/t10-,11-,12+,14+,15-,16+,17+,18?,19?,20-,21+/m0/s1. The Bertz CT molecular complexity index is 734. The van der Waals surface area contributed by atoms with Gasteiger partial charge in [-0.25, -0.2) is 0 Å². The number of rotatable bonds is 0. The van der Waals surface area contributed by atoms with Crippen molar-refractivity contribution in [3.63, 3.8) is 0 Å². The molecule has 5 fully saturated rings. The number of carbonyl (C=O) groups excluding carboxylic acids is 1. The van der Waals surface area contributed by atoms with Crippen LogP contribution in [0.3, 0.4) is 0 Å². The SMILES string of the molecule is C[C@]12CCC(=O)C=C1[C@H](O)C[C@@H]1[C@@H]2[C@@H]2C[C@]34C(OC(O)[C@H](O)[C@H]3CC[C@@H]14)O2. The lowest BCUT2D eigenvalue weighted by molar-refractivity contribution is -0.325. The summed E-state index contributed by atoms with van der Waals surface area (Å²) >= 11 is 0. The Morgan fingerprint density at radius 3 is 2.74 bits per heavy atom. The molecule has 0 radical (unpaired) electrons. The van der Waals surface area contributed by atoms with Gasteiger partial charge in [0.2, 0.25) is 0 Å². The van der Waals surface area contributed by atoms with Gasteiger partial charge in [-0.05, 0) is 66.9 Å². The second-order valence-electron chi connectivity index (χ2n) is 10.1. The fourth-order valence-corrected chi connectivity index (χ4v) is 8.36. The molecule has 2 aliphatic heterocycles. The summed E-state index contributed by atoms with van der Waals surface area (Å²) < 4.78 is 12.2. The molecule has 1 spiro atoms. The normalized spacial score (nSPS) is 61.1.